The summed E-state index contributed by atoms with van der Waals surface area (Å²) >= 11 is 0. The zero-order valence-electron chi connectivity index (χ0n) is 11.8. The first-order valence-electron chi connectivity index (χ1n) is 7.05. The molecule has 3 heteroatoms. The normalized spacial score (nSPS) is 22.1. The van der Waals surface area contributed by atoms with Gasteiger partial charge in [0.25, 0.3) is 0 Å². The van der Waals surface area contributed by atoms with Crippen molar-refractivity contribution in [3.8, 4) is 5.75 Å². The minimum Gasteiger partial charge on any atom is -0.423 e. The molecule has 0 aliphatic heterocycles. The van der Waals surface area contributed by atoms with Crippen molar-refractivity contribution in [1.82, 2.24) is 0 Å². The van der Waals surface area contributed by atoms with Crippen molar-refractivity contribution in [2.24, 2.45) is 5.92 Å². The maximum Gasteiger partial charge on any atom is 0.335 e. The summed E-state index contributed by atoms with van der Waals surface area (Å²) in [5, 5.41) is 0. The van der Waals surface area contributed by atoms with Crippen molar-refractivity contribution in [2.75, 3.05) is 0 Å². The van der Waals surface area contributed by atoms with Gasteiger partial charge >= 0.3 is 5.97 Å². The first kappa shape index (κ1) is 14.5. The van der Waals surface area contributed by atoms with E-state index in [0.29, 0.717) is 17.5 Å². The van der Waals surface area contributed by atoms with Crippen LogP contribution in [0.3, 0.4) is 0 Å². The molecule has 3 nitrogen and oxygen atoms in total. The first-order chi connectivity index (χ1) is 9.60. The van der Waals surface area contributed by atoms with E-state index in [4.69, 9.17) is 4.74 Å². The fourth-order valence-electron chi connectivity index (χ4n) is 2.80. The van der Waals surface area contributed by atoms with Crippen molar-refractivity contribution >= 4 is 11.8 Å². The summed E-state index contributed by atoms with van der Waals surface area (Å²) in [6.45, 7) is 5.06. The Morgan fingerprint density at radius 2 is 1.75 bits per heavy atom. The second-order valence-corrected chi connectivity index (χ2v) is 5.35. The number of carbonyl (C=O) groups excluding carboxylic acids is 2. The standard InChI is InChI=1S/C17H20O3/c1-3-17(19)20-16-10-8-15(9-11-16)14-6-4-13(5-7-14)12(2)18/h3,8-11,13-14H,1,4-7H2,2H3. The Bertz CT molecular complexity index is 493. The van der Waals surface area contributed by atoms with Gasteiger partial charge < -0.3 is 4.74 Å². The third-order valence-corrected chi connectivity index (χ3v) is 4.04. The van der Waals surface area contributed by atoms with E-state index in [0.717, 1.165) is 31.8 Å². The Labute approximate surface area is 119 Å². The average Bonchev–Trinajstić information content (AvgIpc) is 2.48. The van der Waals surface area contributed by atoms with Gasteiger partial charge in [-0.25, -0.2) is 4.79 Å². The van der Waals surface area contributed by atoms with Crippen molar-refractivity contribution < 1.29 is 14.3 Å². The van der Waals surface area contributed by atoms with Gasteiger partial charge in [-0.3, -0.25) is 4.79 Å². The molecule has 0 radical (unpaired) electrons. The summed E-state index contributed by atoms with van der Waals surface area (Å²) in [6, 6.07) is 7.64. The highest BCUT2D eigenvalue weighted by Gasteiger charge is 2.24. The molecular weight excluding hydrogens is 252 g/mol. The topological polar surface area (TPSA) is 43.4 Å². The first-order valence-corrected chi connectivity index (χ1v) is 7.05. The van der Waals surface area contributed by atoms with Gasteiger partial charge in [-0.05, 0) is 56.2 Å². The molecule has 0 spiro atoms. The molecule has 106 valence electrons. The Morgan fingerprint density at radius 3 is 2.25 bits per heavy atom. The molecule has 1 fully saturated rings. The van der Waals surface area contributed by atoms with Gasteiger partial charge in [-0.15, -0.1) is 0 Å². The summed E-state index contributed by atoms with van der Waals surface area (Å²) in [5.41, 5.74) is 1.26. The predicted octanol–water partition coefficient (Wildman–Crippen LogP) is 3.64. The van der Waals surface area contributed by atoms with Crippen LogP contribution in [0.2, 0.25) is 0 Å². The molecule has 0 bridgehead atoms. The van der Waals surface area contributed by atoms with Gasteiger partial charge in [0.05, 0.1) is 0 Å². The van der Waals surface area contributed by atoms with Crippen LogP contribution in [-0.4, -0.2) is 11.8 Å². The minimum absolute atomic E-state index is 0.249. The van der Waals surface area contributed by atoms with Crippen LogP contribution in [-0.2, 0) is 9.59 Å². The Kier molecular flexibility index (Phi) is 4.72. The minimum atomic E-state index is -0.445. The lowest BCUT2D eigenvalue weighted by molar-refractivity contribution is -0.129. The summed E-state index contributed by atoms with van der Waals surface area (Å²) in [7, 11) is 0. The average molecular weight is 272 g/mol. The van der Waals surface area contributed by atoms with E-state index in [1.807, 2.05) is 24.3 Å². The number of rotatable bonds is 4. The second-order valence-electron chi connectivity index (χ2n) is 5.35. The molecule has 0 atom stereocenters. The van der Waals surface area contributed by atoms with Crippen LogP contribution in [0.4, 0.5) is 0 Å². The smallest absolute Gasteiger partial charge is 0.335 e. The van der Waals surface area contributed by atoms with E-state index in [9.17, 15) is 9.59 Å². The van der Waals surface area contributed by atoms with E-state index in [1.54, 1.807) is 6.92 Å². The van der Waals surface area contributed by atoms with Crippen LogP contribution in [0.5, 0.6) is 5.75 Å². The van der Waals surface area contributed by atoms with E-state index >= 15 is 0 Å². The molecule has 0 N–H and O–H groups in total. The number of esters is 1. The molecule has 0 heterocycles. The zero-order valence-corrected chi connectivity index (χ0v) is 11.8. The highest BCUT2D eigenvalue weighted by atomic mass is 16.5. The summed E-state index contributed by atoms with van der Waals surface area (Å²) in [6.07, 6.45) is 5.21. The Morgan fingerprint density at radius 1 is 1.15 bits per heavy atom. The number of ether oxygens (including phenoxy) is 1. The van der Waals surface area contributed by atoms with Crippen molar-refractivity contribution in [3.05, 3.63) is 42.5 Å². The van der Waals surface area contributed by atoms with Crippen LogP contribution in [0.15, 0.2) is 36.9 Å². The van der Waals surface area contributed by atoms with Gasteiger partial charge in [-0.2, -0.15) is 0 Å². The van der Waals surface area contributed by atoms with Gasteiger partial charge in [0.2, 0.25) is 0 Å². The van der Waals surface area contributed by atoms with E-state index < -0.39 is 5.97 Å². The number of benzene rings is 1. The molecule has 1 saturated carbocycles. The van der Waals surface area contributed by atoms with Gasteiger partial charge in [0.15, 0.2) is 0 Å². The van der Waals surface area contributed by atoms with E-state index in [2.05, 4.69) is 6.58 Å². The second kappa shape index (κ2) is 6.51. The monoisotopic (exact) mass is 272 g/mol. The Hall–Kier alpha value is -1.90. The van der Waals surface area contributed by atoms with Crippen LogP contribution >= 0.6 is 0 Å². The molecule has 0 aromatic heterocycles. The Balaban J connectivity index is 1.95. The van der Waals surface area contributed by atoms with Crippen LogP contribution in [0, 0.1) is 5.92 Å². The molecule has 20 heavy (non-hydrogen) atoms. The van der Waals surface area contributed by atoms with Crippen molar-refractivity contribution in [2.45, 2.75) is 38.5 Å². The van der Waals surface area contributed by atoms with Crippen LogP contribution < -0.4 is 4.74 Å². The molecule has 0 amide bonds. The van der Waals surface area contributed by atoms with Crippen LogP contribution in [0.25, 0.3) is 0 Å². The van der Waals surface area contributed by atoms with E-state index in [1.165, 1.54) is 5.56 Å². The summed E-state index contributed by atoms with van der Waals surface area (Å²) in [4.78, 5) is 22.5. The molecule has 2 rings (SSSR count). The molecule has 1 aliphatic carbocycles. The summed E-state index contributed by atoms with van der Waals surface area (Å²) < 4.78 is 5.05. The van der Waals surface area contributed by atoms with Crippen molar-refractivity contribution in [1.29, 1.82) is 0 Å². The number of ketones is 1. The molecular formula is C17H20O3. The number of hydrogen-bond donors (Lipinski definition) is 0. The molecule has 1 aromatic rings. The molecule has 0 saturated heterocycles. The molecule has 0 unspecified atom stereocenters. The fraction of sp³-hybridized carbons (Fsp3) is 0.412. The van der Waals surface area contributed by atoms with Crippen molar-refractivity contribution in [3.63, 3.8) is 0 Å². The number of Topliss-reactive ketones (excluding diaryl/α,β-unsaturated/α-hetero) is 1. The van der Waals surface area contributed by atoms with Crippen LogP contribution in [0.1, 0.15) is 44.1 Å². The fourth-order valence-corrected chi connectivity index (χ4v) is 2.80. The molecule has 1 aliphatic rings. The zero-order chi connectivity index (χ0) is 14.5. The van der Waals surface area contributed by atoms with E-state index in [-0.39, 0.29) is 5.92 Å². The SMILES string of the molecule is C=CC(=O)Oc1ccc(C2CCC(C(C)=O)CC2)cc1. The number of hydrogen-bond acceptors (Lipinski definition) is 3. The lowest BCUT2D eigenvalue weighted by Crippen LogP contribution is -2.18. The number of carbonyl (C=O) groups is 2. The van der Waals surface area contributed by atoms with Gasteiger partial charge in [-0.1, -0.05) is 18.7 Å². The highest BCUT2D eigenvalue weighted by molar-refractivity contribution is 5.83. The highest BCUT2D eigenvalue weighted by Crippen LogP contribution is 2.36. The largest absolute Gasteiger partial charge is 0.423 e. The lowest BCUT2D eigenvalue weighted by Gasteiger charge is -2.27. The molecule has 1 aromatic carbocycles. The lowest BCUT2D eigenvalue weighted by atomic mass is 9.77. The predicted molar refractivity (Wildman–Crippen MR) is 77.7 cm³/mol. The summed E-state index contributed by atoms with van der Waals surface area (Å²) in [5.74, 6) is 1.17. The maximum absolute atomic E-state index is 11.4. The third kappa shape index (κ3) is 3.56. The van der Waals surface area contributed by atoms with Gasteiger partial charge in [0.1, 0.15) is 11.5 Å². The quantitative estimate of drug-likeness (QED) is 0.477. The third-order valence-electron chi connectivity index (χ3n) is 4.04. The van der Waals surface area contributed by atoms with Gasteiger partial charge in [0, 0.05) is 12.0 Å². The maximum atomic E-state index is 11.4.